The van der Waals surface area contributed by atoms with E-state index in [9.17, 15) is 0 Å². The van der Waals surface area contributed by atoms with Gasteiger partial charge in [-0.25, -0.2) is 0 Å². The van der Waals surface area contributed by atoms with Crippen molar-refractivity contribution in [1.82, 2.24) is 0 Å². The Balaban J connectivity index is 2.48. The molecule has 0 amide bonds. The number of methoxy groups -OCH3 is 1. The van der Waals surface area contributed by atoms with E-state index < -0.39 is 0 Å². The first-order valence-corrected chi connectivity index (χ1v) is 6.06. The highest BCUT2D eigenvalue weighted by Gasteiger charge is 2.45. The lowest BCUT2D eigenvalue weighted by atomic mass is 9.57. The number of halogens is 1. The van der Waals surface area contributed by atoms with Crippen molar-refractivity contribution >= 4 is 11.6 Å². The molecule has 0 heterocycles. The van der Waals surface area contributed by atoms with Gasteiger partial charge in [0.2, 0.25) is 0 Å². The third-order valence-corrected chi connectivity index (χ3v) is 4.26. The fourth-order valence-corrected chi connectivity index (χ4v) is 2.84. The minimum absolute atomic E-state index is 0.0657. The first-order valence-electron chi connectivity index (χ1n) is 5.68. The average molecular weight is 240 g/mol. The normalized spacial score (nSPS) is 28.6. The van der Waals surface area contributed by atoms with E-state index in [0.29, 0.717) is 12.5 Å². The Morgan fingerprint density at radius 1 is 1.56 bits per heavy atom. The summed E-state index contributed by atoms with van der Waals surface area (Å²) >= 11 is 6.07. The molecule has 88 valence electrons. The Morgan fingerprint density at radius 2 is 2.31 bits per heavy atom. The van der Waals surface area contributed by atoms with Crippen LogP contribution in [0.2, 0.25) is 5.02 Å². The molecule has 1 saturated carbocycles. The van der Waals surface area contributed by atoms with E-state index in [4.69, 9.17) is 22.1 Å². The first-order chi connectivity index (χ1) is 7.64. The van der Waals surface area contributed by atoms with Crippen molar-refractivity contribution in [3.8, 4) is 5.75 Å². The molecule has 2 atom stereocenters. The highest BCUT2D eigenvalue weighted by Crippen LogP contribution is 2.51. The maximum Gasteiger partial charge on any atom is 0.122 e. The summed E-state index contributed by atoms with van der Waals surface area (Å²) in [5, 5.41) is 0.753. The summed E-state index contributed by atoms with van der Waals surface area (Å²) in [7, 11) is 1.69. The summed E-state index contributed by atoms with van der Waals surface area (Å²) in [5.41, 5.74) is 7.20. The SMILES string of the molecule is COc1ccc(Cl)cc1C1(CN)CCC1C. The van der Waals surface area contributed by atoms with Crippen molar-refractivity contribution in [3.63, 3.8) is 0 Å². The number of nitrogens with two attached hydrogens (primary N) is 1. The van der Waals surface area contributed by atoms with Gasteiger partial charge in [0.15, 0.2) is 0 Å². The smallest absolute Gasteiger partial charge is 0.122 e. The number of hydrogen-bond donors (Lipinski definition) is 1. The molecule has 0 saturated heterocycles. The third kappa shape index (κ3) is 1.61. The van der Waals surface area contributed by atoms with E-state index >= 15 is 0 Å². The van der Waals surface area contributed by atoms with Crippen LogP contribution in [0.25, 0.3) is 0 Å². The first kappa shape index (κ1) is 11.7. The highest BCUT2D eigenvalue weighted by molar-refractivity contribution is 6.30. The lowest BCUT2D eigenvalue weighted by Gasteiger charge is -2.48. The Morgan fingerprint density at radius 3 is 2.75 bits per heavy atom. The molecule has 2 nitrogen and oxygen atoms in total. The summed E-state index contributed by atoms with van der Waals surface area (Å²) in [4.78, 5) is 0. The van der Waals surface area contributed by atoms with Gasteiger partial charge < -0.3 is 10.5 Å². The number of ether oxygens (including phenoxy) is 1. The molecular weight excluding hydrogens is 222 g/mol. The maximum atomic E-state index is 6.07. The Kier molecular flexibility index (Phi) is 3.13. The molecule has 3 heteroatoms. The van der Waals surface area contributed by atoms with Crippen LogP contribution in [0, 0.1) is 5.92 Å². The van der Waals surface area contributed by atoms with Crippen LogP contribution in [0.4, 0.5) is 0 Å². The Labute approximate surface area is 102 Å². The number of rotatable bonds is 3. The zero-order chi connectivity index (χ0) is 11.8. The van der Waals surface area contributed by atoms with E-state index in [1.54, 1.807) is 7.11 Å². The van der Waals surface area contributed by atoms with Crippen molar-refractivity contribution in [2.45, 2.75) is 25.2 Å². The zero-order valence-electron chi connectivity index (χ0n) is 9.79. The Bertz CT molecular complexity index is 390. The minimum atomic E-state index is 0.0657. The van der Waals surface area contributed by atoms with Crippen LogP contribution in [0.1, 0.15) is 25.3 Å². The second-order valence-electron chi connectivity index (χ2n) is 4.64. The van der Waals surface area contributed by atoms with Gasteiger partial charge in [-0.2, -0.15) is 0 Å². The molecule has 0 aliphatic heterocycles. The second-order valence-corrected chi connectivity index (χ2v) is 5.08. The van der Waals surface area contributed by atoms with Crippen molar-refractivity contribution in [1.29, 1.82) is 0 Å². The molecule has 1 aromatic rings. The molecule has 2 N–H and O–H groups in total. The maximum absolute atomic E-state index is 6.07. The van der Waals surface area contributed by atoms with E-state index in [2.05, 4.69) is 6.92 Å². The van der Waals surface area contributed by atoms with E-state index in [0.717, 1.165) is 17.2 Å². The standard InChI is InChI=1S/C13H18ClNO/c1-9-5-6-13(9,8-15)11-7-10(14)3-4-12(11)16-2/h3-4,7,9H,5-6,8,15H2,1-2H3. The topological polar surface area (TPSA) is 35.2 Å². The molecule has 0 radical (unpaired) electrons. The van der Waals surface area contributed by atoms with Crippen molar-refractivity contribution in [2.75, 3.05) is 13.7 Å². The van der Waals surface area contributed by atoms with Crippen molar-refractivity contribution in [2.24, 2.45) is 11.7 Å². The van der Waals surface area contributed by atoms with Gasteiger partial charge in [0, 0.05) is 22.5 Å². The molecule has 0 spiro atoms. The second kappa shape index (κ2) is 4.27. The van der Waals surface area contributed by atoms with E-state index in [1.165, 1.54) is 12.0 Å². The van der Waals surface area contributed by atoms with Gasteiger partial charge in [0.1, 0.15) is 5.75 Å². The molecule has 1 fully saturated rings. The lowest BCUT2D eigenvalue weighted by molar-refractivity contribution is 0.142. The summed E-state index contributed by atoms with van der Waals surface area (Å²) in [6.45, 7) is 2.90. The predicted molar refractivity (Wildman–Crippen MR) is 67.1 cm³/mol. The van der Waals surface area contributed by atoms with Crippen LogP contribution in [0.5, 0.6) is 5.75 Å². The van der Waals surface area contributed by atoms with Crippen LogP contribution < -0.4 is 10.5 Å². The zero-order valence-corrected chi connectivity index (χ0v) is 10.6. The third-order valence-electron chi connectivity index (χ3n) is 4.03. The van der Waals surface area contributed by atoms with Gasteiger partial charge in [-0.05, 0) is 37.0 Å². The Hall–Kier alpha value is -0.730. The van der Waals surface area contributed by atoms with E-state index in [1.807, 2.05) is 18.2 Å². The summed E-state index contributed by atoms with van der Waals surface area (Å²) in [6, 6.07) is 5.79. The van der Waals surface area contributed by atoms with E-state index in [-0.39, 0.29) is 5.41 Å². The van der Waals surface area contributed by atoms with Crippen LogP contribution in [-0.2, 0) is 5.41 Å². The molecule has 0 bridgehead atoms. The molecule has 2 rings (SSSR count). The van der Waals surface area contributed by atoms with Crippen LogP contribution in [0.3, 0.4) is 0 Å². The molecule has 1 aliphatic carbocycles. The largest absolute Gasteiger partial charge is 0.496 e. The summed E-state index contributed by atoms with van der Waals surface area (Å²) in [5.74, 6) is 1.51. The number of hydrogen-bond acceptors (Lipinski definition) is 2. The van der Waals surface area contributed by atoms with Gasteiger partial charge in [-0.3, -0.25) is 0 Å². The molecule has 1 aliphatic rings. The van der Waals surface area contributed by atoms with Gasteiger partial charge in [-0.15, -0.1) is 0 Å². The van der Waals surface area contributed by atoms with Crippen molar-refractivity contribution < 1.29 is 4.74 Å². The quantitative estimate of drug-likeness (QED) is 0.880. The van der Waals surface area contributed by atoms with Gasteiger partial charge >= 0.3 is 0 Å². The molecule has 1 aromatic carbocycles. The lowest BCUT2D eigenvalue weighted by Crippen LogP contribution is -2.48. The van der Waals surface area contributed by atoms with Crippen molar-refractivity contribution in [3.05, 3.63) is 28.8 Å². The van der Waals surface area contributed by atoms with Gasteiger partial charge in [0.05, 0.1) is 7.11 Å². The highest BCUT2D eigenvalue weighted by atomic mass is 35.5. The molecular formula is C13H18ClNO. The van der Waals surface area contributed by atoms with Gasteiger partial charge in [0.25, 0.3) is 0 Å². The minimum Gasteiger partial charge on any atom is -0.496 e. The summed E-state index contributed by atoms with van der Waals surface area (Å²) < 4.78 is 5.42. The fraction of sp³-hybridized carbons (Fsp3) is 0.538. The monoisotopic (exact) mass is 239 g/mol. The summed E-state index contributed by atoms with van der Waals surface area (Å²) in [6.07, 6.45) is 2.36. The van der Waals surface area contributed by atoms with Crippen LogP contribution in [-0.4, -0.2) is 13.7 Å². The fourth-order valence-electron chi connectivity index (χ4n) is 2.66. The van der Waals surface area contributed by atoms with Crippen LogP contribution in [0.15, 0.2) is 18.2 Å². The molecule has 2 unspecified atom stereocenters. The van der Waals surface area contributed by atoms with Crippen LogP contribution >= 0.6 is 11.6 Å². The average Bonchev–Trinajstić information content (AvgIpc) is 2.29. The number of benzene rings is 1. The predicted octanol–water partition coefficient (Wildman–Crippen LogP) is 2.98. The van der Waals surface area contributed by atoms with Gasteiger partial charge in [-0.1, -0.05) is 18.5 Å². The molecule has 0 aromatic heterocycles. The molecule has 16 heavy (non-hydrogen) atoms.